The fraction of sp³-hybridized carbons (Fsp3) is 0.296. The number of fused-ring (bicyclic) bond motifs is 5. The average molecular weight is 397 g/mol. The van der Waals surface area contributed by atoms with Gasteiger partial charge in [-0.05, 0) is 51.9 Å². The van der Waals surface area contributed by atoms with Gasteiger partial charge in [-0.1, -0.05) is 56.3 Å². The van der Waals surface area contributed by atoms with E-state index in [1.807, 2.05) is 14.1 Å². The molecule has 3 aromatic carbocycles. The zero-order chi connectivity index (χ0) is 21.0. The summed E-state index contributed by atoms with van der Waals surface area (Å²) < 4.78 is 0. The van der Waals surface area contributed by atoms with E-state index in [2.05, 4.69) is 84.7 Å². The van der Waals surface area contributed by atoms with Gasteiger partial charge in [-0.3, -0.25) is 4.79 Å². The number of allylic oxidation sites excluding steroid dienone is 1. The number of Topliss-reactive ketones (excluding diaryl/α,β-unsaturated/α-hetero) is 1. The summed E-state index contributed by atoms with van der Waals surface area (Å²) in [5.41, 5.74) is 6.56. The average Bonchev–Trinajstić information content (AvgIpc) is 2.72. The fourth-order valence-corrected chi connectivity index (χ4v) is 5.15. The van der Waals surface area contributed by atoms with Gasteiger partial charge in [0.15, 0.2) is 5.78 Å². The molecule has 30 heavy (non-hydrogen) atoms. The first-order valence-electron chi connectivity index (χ1n) is 10.7. The van der Waals surface area contributed by atoms with Crippen LogP contribution < -0.4 is 10.2 Å². The first-order chi connectivity index (χ1) is 14.3. The highest BCUT2D eigenvalue weighted by molar-refractivity contribution is 6.10. The summed E-state index contributed by atoms with van der Waals surface area (Å²) in [7, 11) is 4.08. The Morgan fingerprint density at radius 2 is 1.70 bits per heavy atom. The van der Waals surface area contributed by atoms with Gasteiger partial charge in [0, 0.05) is 43.4 Å². The molecule has 0 aromatic heterocycles. The van der Waals surface area contributed by atoms with Crippen molar-refractivity contribution < 1.29 is 4.79 Å². The van der Waals surface area contributed by atoms with Gasteiger partial charge in [-0.15, -0.1) is 0 Å². The third-order valence-corrected chi connectivity index (χ3v) is 6.57. The summed E-state index contributed by atoms with van der Waals surface area (Å²) in [4.78, 5) is 15.5. The molecule has 1 unspecified atom stereocenters. The molecule has 1 N–H and O–H groups in total. The highest BCUT2D eigenvalue weighted by Crippen LogP contribution is 2.53. The first-order valence-corrected chi connectivity index (χ1v) is 10.7. The second-order valence-electron chi connectivity index (χ2n) is 9.62. The minimum Gasteiger partial charge on any atom is -0.378 e. The van der Waals surface area contributed by atoms with Gasteiger partial charge in [0.25, 0.3) is 0 Å². The Morgan fingerprint density at radius 1 is 0.967 bits per heavy atom. The van der Waals surface area contributed by atoms with Crippen LogP contribution in [0, 0.1) is 5.41 Å². The smallest absolute Gasteiger partial charge is 0.162 e. The molecule has 1 heterocycles. The van der Waals surface area contributed by atoms with Gasteiger partial charge in [0.2, 0.25) is 0 Å². The van der Waals surface area contributed by atoms with E-state index < -0.39 is 0 Å². The Kier molecular flexibility index (Phi) is 4.25. The fourth-order valence-electron chi connectivity index (χ4n) is 5.15. The van der Waals surface area contributed by atoms with E-state index in [0.29, 0.717) is 6.42 Å². The van der Waals surface area contributed by atoms with Gasteiger partial charge < -0.3 is 10.2 Å². The lowest BCUT2D eigenvalue weighted by molar-refractivity contribution is -0.119. The maximum absolute atomic E-state index is 13.4. The third-order valence-electron chi connectivity index (χ3n) is 6.57. The van der Waals surface area contributed by atoms with E-state index in [4.69, 9.17) is 0 Å². The Balaban J connectivity index is 1.73. The van der Waals surface area contributed by atoms with Crippen LogP contribution in [0.15, 0.2) is 66.2 Å². The van der Waals surface area contributed by atoms with Crippen LogP contribution in [0.25, 0.3) is 16.5 Å². The van der Waals surface area contributed by atoms with E-state index >= 15 is 0 Å². The van der Waals surface area contributed by atoms with Crippen molar-refractivity contribution >= 4 is 33.6 Å². The lowest BCUT2D eigenvalue weighted by Gasteiger charge is -2.41. The Hall–Kier alpha value is -3.07. The summed E-state index contributed by atoms with van der Waals surface area (Å²) in [6, 6.07) is 21.4. The first kappa shape index (κ1) is 18.9. The molecule has 0 bridgehead atoms. The Bertz CT molecular complexity index is 1190. The van der Waals surface area contributed by atoms with Crippen LogP contribution in [0.5, 0.6) is 0 Å². The number of nitrogens with one attached hydrogen (secondary N) is 1. The van der Waals surface area contributed by atoms with Crippen molar-refractivity contribution in [3.05, 3.63) is 77.4 Å². The molecule has 1 atom stereocenters. The molecule has 1 fully saturated rings. The quantitative estimate of drug-likeness (QED) is 0.558. The summed E-state index contributed by atoms with van der Waals surface area (Å²) in [6.07, 6.45) is 1.58. The molecule has 1 aliphatic carbocycles. The number of anilines is 2. The molecule has 0 amide bonds. The van der Waals surface area contributed by atoms with Crippen LogP contribution in [-0.4, -0.2) is 19.9 Å². The lowest BCUT2D eigenvalue weighted by atomic mass is 9.64. The van der Waals surface area contributed by atoms with E-state index in [0.717, 1.165) is 34.6 Å². The van der Waals surface area contributed by atoms with Gasteiger partial charge >= 0.3 is 0 Å². The number of nitrogens with zero attached hydrogens (tertiary/aromatic N) is 1. The minimum atomic E-state index is -0.00328. The van der Waals surface area contributed by atoms with Crippen LogP contribution in [-0.2, 0) is 4.79 Å². The van der Waals surface area contributed by atoms with Crippen LogP contribution >= 0.6 is 0 Å². The predicted molar refractivity (Wildman–Crippen MR) is 126 cm³/mol. The van der Waals surface area contributed by atoms with Crippen molar-refractivity contribution in [3.63, 3.8) is 0 Å². The number of hydrogen-bond acceptors (Lipinski definition) is 3. The normalized spacial score (nSPS) is 19.9. The van der Waals surface area contributed by atoms with Crippen LogP contribution in [0.4, 0.5) is 11.4 Å². The molecule has 1 aliphatic heterocycles. The maximum Gasteiger partial charge on any atom is 0.162 e. The number of hydrogen-bond donors (Lipinski definition) is 1. The number of benzene rings is 3. The number of carbonyl (C=O) groups excluding carboxylic acids is 1. The van der Waals surface area contributed by atoms with Crippen molar-refractivity contribution in [3.8, 4) is 0 Å². The molecule has 5 rings (SSSR count). The Morgan fingerprint density at radius 3 is 2.43 bits per heavy atom. The molecule has 0 spiro atoms. The van der Waals surface area contributed by atoms with Crippen LogP contribution in [0.1, 0.15) is 43.7 Å². The monoisotopic (exact) mass is 396 g/mol. The van der Waals surface area contributed by atoms with Crippen molar-refractivity contribution in [2.75, 3.05) is 24.3 Å². The third kappa shape index (κ3) is 3.00. The minimum absolute atomic E-state index is 0.00328. The molecule has 3 aromatic rings. The lowest BCUT2D eigenvalue weighted by Crippen LogP contribution is -2.34. The Labute approximate surface area is 178 Å². The standard InChI is InChI=1S/C27H28N2O/c1-27(2)15-21-24-20-8-6-5-7-17(20)11-14-22(24)28-26(25(21)23(30)16-27)18-9-12-19(13-10-18)29(3)4/h5-14,21,28H,15-16H2,1-4H3. The second kappa shape index (κ2) is 6.73. The summed E-state index contributed by atoms with van der Waals surface area (Å²) in [5.74, 6) is 0.390. The van der Waals surface area contributed by atoms with E-state index in [1.54, 1.807) is 0 Å². The van der Waals surface area contributed by atoms with Crippen molar-refractivity contribution in [2.24, 2.45) is 5.41 Å². The largest absolute Gasteiger partial charge is 0.378 e. The van der Waals surface area contributed by atoms with Gasteiger partial charge in [0.05, 0.1) is 5.70 Å². The number of carbonyl (C=O) groups is 1. The second-order valence-corrected chi connectivity index (χ2v) is 9.62. The van der Waals surface area contributed by atoms with Crippen LogP contribution in [0.2, 0.25) is 0 Å². The molecule has 2 aliphatic rings. The zero-order valence-electron chi connectivity index (χ0n) is 18.1. The number of rotatable bonds is 2. The zero-order valence-corrected chi connectivity index (χ0v) is 18.1. The number of ketones is 1. The molecule has 0 saturated heterocycles. The summed E-state index contributed by atoms with van der Waals surface area (Å²) in [5, 5.41) is 6.13. The maximum atomic E-state index is 13.4. The van der Waals surface area contributed by atoms with Gasteiger partial charge in [-0.2, -0.15) is 0 Å². The van der Waals surface area contributed by atoms with E-state index in [-0.39, 0.29) is 17.1 Å². The van der Waals surface area contributed by atoms with E-state index in [9.17, 15) is 4.79 Å². The van der Waals surface area contributed by atoms with E-state index in [1.165, 1.54) is 16.3 Å². The van der Waals surface area contributed by atoms with Crippen molar-refractivity contribution in [1.82, 2.24) is 0 Å². The predicted octanol–water partition coefficient (Wildman–Crippen LogP) is 6.22. The highest BCUT2D eigenvalue weighted by atomic mass is 16.1. The molecule has 152 valence electrons. The molecule has 0 radical (unpaired) electrons. The summed E-state index contributed by atoms with van der Waals surface area (Å²) >= 11 is 0. The van der Waals surface area contributed by atoms with Gasteiger partial charge in [0.1, 0.15) is 0 Å². The topological polar surface area (TPSA) is 32.3 Å². The molecule has 3 heteroatoms. The van der Waals surface area contributed by atoms with Crippen LogP contribution in [0.3, 0.4) is 0 Å². The van der Waals surface area contributed by atoms with Gasteiger partial charge in [-0.25, -0.2) is 0 Å². The molecule has 3 nitrogen and oxygen atoms in total. The summed E-state index contributed by atoms with van der Waals surface area (Å²) in [6.45, 7) is 4.44. The van der Waals surface area contributed by atoms with Crippen molar-refractivity contribution in [2.45, 2.75) is 32.6 Å². The molecular formula is C27H28N2O. The molecular weight excluding hydrogens is 368 g/mol. The molecule has 1 saturated carbocycles. The SMILES string of the molecule is CN(C)c1ccc(C2=C3C(=O)CC(C)(C)CC3c3c(ccc4ccccc34)N2)cc1. The highest BCUT2D eigenvalue weighted by Gasteiger charge is 2.42. The van der Waals surface area contributed by atoms with Crippen molar-refractivity contribution in [1.29, 1.82) is 0 Å².